The van der Waals surface area contributed by atoms with Crippen molar-refractivity contribution in [3.8, 4) is 0 Å². The van der Waals surface area contributed by atoms with E-state index in [9.17, 15) is 0 Å². The van der Waals surface area contributed by atoms with Gasteiger partial charge in [-0.1, -0.05) is 12.1 Å². The molecule has 0 unspecified atom stereocenters. The van der Waals surface area contributed by atoms with Gasteiger partial charge in [-0.2, -0.15) is 0 Å². The summed E-state index contributed by atoms with van der Waals surface area (Å²) in [4.78, 5) is 0. The number of hydrogen-bond donors (Lipinski definition) is 1. The number of halogens is 2. The molecular weight excluding hydrogens is 217 g/mol. The molecule has 0 aliphatic rings. The molecule has 0 heterocycles. The molecule has 0 radical (unpaired) electrons. The third kappa shape index (κ3) is 4.21. The van der Waals surface area contributed by atoms with Gasteiger partial charge < -0.3 is 5.32 Å². The Morgan fingerprint density at radius 2 is 1.71 bits per heavy atom. The highest BCUT2D eigenvalue weighted by Gasteiger charge is 1.93. The lowest BCUT2D eigenvalue weighted by Gasteiger charge is -2.05. The van der Waals surface area contributed by atoms with Gasteiger partial charge in [0.15, 0.2) is 0 Å². The SMILES string of the molecule is ClCCCNc1ccc(CCCl)cc1. The van der Waals surface area contributed by atoms with Crippen molar-refractivity contribution < 1.29 is 0 Å². The fraction of sp³-hybridized carbons (Fsp3) is 0.455. The second kappa shape index (κ2) is 6.97. The van der Waals surface area contributed by atoms with Crippen LogP contribution in [-0.2, 0) is 6.42 Å². The first-order valence-electron chi connectivity index (χ1n) is 4.81. The van der Waals surface area contributed by atoms with Gasteiger partial charge in [-0.15, -0.1) is 23.2 Å². The third-order valence-corrected chi connectivity index (χ3v) is 2.43. The van der Waals surface area contributed by atoms with E-state index in [0.717, 1.165) is 25.1 Å². The molecular formula is C11H15Cl2N. The summed E-state index contributed by atoms with van der Waals surface area (Å²) in [7, 11) is 0. The Balaban J connectivity index is 2.38. The molecule has 0 spiro atoms. The Bertz CT molecular complexity index is 246. The summed E-state index contributed by atoms with van der Waals surface area (Å²) in [6.07, 6.45) is 1.93. The van der Waals surface area contributed by atoms with E-state index >= 15 is 0 Å². The summed E-state index contributed by atoms with van der Waals surface area (Å²) in [6, 6.07) is 8.36. The Morgan fingerprint density at radius 3 is 2.29 bits per heavy atom. The van der Waals surface area contributed by atoms with Gasteiger partial charge in [-0.25, -0.2) is 0 Å². The Morgan fingerprint density at radius 1 is 1.00 bits per heavy atom. The van der Waals surface area contributed by atoms with Crippen molar-refractivity contribution in [1.82, 2.24) is 0 Å². The predicted molar refractivity (Wildman–Crippen MR) is 64.7 cm³/mol. The lowest BCUT2D eigenvalue weighted by atomic mass is 10.1. The minimum absolute atomic E-state index is 0.680. The average Bonchev–Trinajstić information content (AvgIpc) is 2.21. The third-order valence-electron chi connectivity index (χ3n) is 1.98. The van der Waals surface area contributed by atoms with Gasteiger partial charge in [-0.3, -0.25) is 0 Å². The van der Waals surface area contributed by atoms with E-state index in [0.29, 0.717) is 11.8 Å². The Hall–Kier alpha value is -0.400. The van der Waals surface area contributed by atoms with E-state index in [1.54, 1.807) is 0 Å². The normalized spacial score (nSPS) is 10.1. The van der Waals surface area contributed by atoms with Crippen LogP contribution in [0.15, 0.2) is 24.3 Å². The van der Waals surface area contributed by atoms with E-state index < -0.39 is 0 Å². The maximum Gasteiger partial charge on any atom is 0.0340 e. The number of hydrogen-bond acceptors (Lipinski definition) is 1. The van der Waals surface area contributed by atoms with Crippen LogP contribution in [0.25, 0.3) is 0 Å². The molecule has 3 heteroatoms. The smallest absolute Gasteiger partial charge is 0.0340 e. The largest absolute Gasteiger partial charge is 0.385 e. The van der Waals surface area contributed by atoms with Crippen molar-refractivity contribution in [2.75, 3.05) is 23.6 Å². The van der Waals surface area contributed by atoms with Crippen molar-refractivity contribution >= 4 is 28.9 Å². The van der Waals surface area contributed by atoms with E-state index in [1.165, 1.54) is 5.56 Å². The molecule has 0 bridgehead atoms. The van der Waals surface area contributed by atoms with Crippen LogP contribution in [0.4, 0.5) is 5.69 Å². The van der Waals surface area contributed by atoms with Gasteiger partial charge in [0.05, 0.1) is 0 Å². The first-order chi connectivity index (χ1) is 6.86. The van der Waals surface area contributed by atoms with Crippen molar-refractivity contribution in [3.05, 3.63) is 29.8 Å². The highest BCUT2D eigenvalue weighted by molar-refractivity contribution is 6.18. The number of benzene rings is 1. The Labute approximate surface area is 95.4 Å². The molecule has 1 rings (SSSR count). The number of rotatable bonds is 6. The number of nitrogens with one attached hydrogen (secondary N) is 1. The van der Waals surface area contributed by atoms with Crippen molar-refractivity contribution in [2.24, 2.45) is 0 Å². The maximum absolute atomic E-state index is 5.65. The summed E-state index contributed by atoms with van der Waals surface area (Å²) in [5, 5.41) is 3.30. The predicted octanol–water partition coefficient (Wildman–Crippen LogP) is 3.51. The van der Waals surface area contributed by atoms with E-state index in [4.69, 9.17) is 23.2 Å². The van der Waals surface area contributed by atoms with Crippen molar-refractivity contribution in [1.29, 1.82) is 0 Å². The molecule has 0 aliphatic heterocycles. The summed E-state index contributed by atoms with van der Waals surface area (Å²) in [5.41, 5.74) is 2.43. The molecule has 0 saturated heterocycles. The molecule has 1 aromatic carbocycles. The first-order valence-corrected chi connectivity index (χ1v) is 5.88. The minimum Gasteiger partial charge on any atom is -0.385 e. The molecule has 0 aliphatic carbocycles. The standard InChI is InChI=1S/C11H15Cl2N/c12-7-1-9-14-11-4-2-10(3-5-11)6-8-13/h2-5,14H,1,6-9H2. The van der Waals surface area contributed by atoms with Crippen LogP contribution in [0.1, 0.15) is 12.0 Å². The second-order valence-corrected chi connectivity index (χ2v) is 3.86. The summed E-state index contributed by atoms with van der Waals surface area (Å²) in [5.74, 6) is 1.39. The zero-order chi connectivity index (χ0) is 10.2. The number of aryl methyl sites for hydroxylation is 1. The van der Waals surface area contributed by atoms with Gasteiger partial charge >= 0.3 is 0 Å². The molecule has 0 fully saturated rings. The van der Waals surface area contributed by atoms with E-state index in [1.807, 2.05) is 0 Å². The molecule has 1 nitrogen and oxygen atoms in total. The van der Waals surface area contributed by atoms with Crippen LogP contribution in [0.3, 0.4) is 0 Å². The summed E-state index contributed by atoms with van der Waals surface area (Å²) >= 11 is 11.2. The molecule has 1 aromatic rings. The molecule has 0 saturated carbocycles. The molecule has 78 valence electrons. The number of anilines is 1. The highest BCUT2D eigenvalue weighted by Crippen LogP contribution is 2.10. The second-order valence-electron chi connectivity index (χ2n) is 3.11. The van der Waals surface area contributed by atoms with Gasteiger partial charge in [0.25, 0.3) is 0 Å². The van der Waals surface area contributed by atoms with Gasteiger partial charge in [-0.05, 0) is 30.5 Å². The monoisotopic (exact) mass is 231 g/mol. The molecule has 14 heavy (non-hydrogen) atoms. The van der Waals surface area contributed by atoms with Crippen LogP contribution in [0.5, 0.6) is 0 Å². The van der Waals surface area contributed by atoms with Gasteiger partial charge in [0, 0.05) is 24.0 Å². The van der Waals surface area contributed by atoms with Crippen LogP contribution in [0.2, 0.25) is 0 Å². The zero-order valence-electron chi connectivity index (χ0n) is 8.10. The van der Waals surface area contributed by atoms with Crippen molar-refractivity contribution in [3.63, 3.8) is 0 Å². The van der Waals surface area contributed by atoms with E-state index in [-0.39, 0.29) is 0 Å². The van der Waals surface area contributed by atoms with E-state index in [2.05, 4.69) is 29.6 Å². The van der Waals surface area contributed by atoms with Gasteiger partial charge in [0.2, 0.25) is 0 Å². The molecule has 0 amide bonds. The lowest BCUT2D eigenvalue weighted by molar-refractivity contribution is 0.986. The van der Waals surface area contributed by atoms with Crippen molar-refractivity contribution in [2.45, 2.75) is 12.8 Å². The highest BCUT2D eigenvalue weighted by atomic mass is 35.5. The lowest BCUT2D eigenvalue weighted by Crippen LogP contribution is -2.01. The number of alkyl halides is 2. The van der Waals surface area contributed by atoms with Crippen LogP contribution < -0.4 is 5.32 Å². The molecule has 0 aromatic heterocycles. The van der Waals surface area contributed by atoms with Crippen LogP contribution in [-0.4, -0.2) is 18.3 Å². The zero-order valence-corrected chi connectivity index (χ0v) is 9.61. The average molecular weight is 232 g/mol. The quantitative estimate of drug-likeness (QED) is 0.584. The van der Waals surface area contributed by atoms with Crippen LogP contribution >= 0.6 is 23.2 Å². The fourth-order valence-corrected chi connectivity index (χ4v) is 1.55. The molecule has 0 atom stereocenters. The minimum atomic E-state index is 0.680. The van der Waals surface area contributed by atoms with Crippen LogP contribution in [0, 0.1) is 0 Å². The first kappa shape index (κ1) is 11.7. The topological polar surface area (TPSA) is 12.0 Å². The Kier molecular flexibility index (Phi) is 5.81. The van der Waals surface area contributed by atoms with Gasteiger partial charge in [0.1, 0.15) is 0 Å². The maximum atomic E-state index is 5.65. The fourth-order valence-electron chi connectivity index (χ4n) is 1.20. The summed E-state index contributed by atoms with van der Waals surface area (Å²) in [6.45, 7) is 0.929. The summed E-state index contributed by atoms with van der Waals surface area (Å²) < 4.78 is 0. The molecule has 1 N–H and O–H groups in total.